The van der Waals surface area contributed by atoms with Gasteiger partial charge in [0.25, 0.3) is 0 Å². The van der Waals surface area contributed by atoms with Crippen LogP contribution in [0.15, 0.2) is 54.6 Å². The van der Waals surface area contributed by atoms with Crippen LogP contribution in [0.2, 0.25) is 0 Å². The fourth-order valence-electron chi connectivity index (χ4n) is 3.42. The number of carbonyl (C=O) groups is 1. The number of hydrogen-bond donors (Lipinski definition) is 1. The third kappa shape index (κ3) is 4.20. The van der Waals surface area contributed by atoms with Crippen molar-refractivity contribution in [1.29, 1.82) is 0 Å². The molecule has 1 heterocycles. The van der Waals surface area contributed by atoms with Crippen LogP contribution in [0, 0.1) is 0 Å². The predicted octanol–water partition coefficient (Wildman–Crippen LogP) is 3.98. The second kappa shape index (κ2) is 7.42. The maximum absolute atomic E-state index is 11.1. The molecule has 1 unspecified atom stereocenters. The van der Waals surface area contributed by atoms with Crippen LogP contribution in [0.1, 0.15) is 40.7 Å². The summed E-state index contributed by atoms with van der Waals surface area (Å²) in [5.74, 6) is -0.855. The lowest BCUT2D eigenvalue weighted by atomic mass is 9.95. The highest BCUT2D eigenvalue weighted by Crippen LogP contribution is 2.23. The average molecular weight is 309 g/mol. The van der Waals surface area contributed by atoms with E-state index in [1.54, 1.807) is 12.1 Å². The van der Waals surface area contributed by atoms with Crippen molar-refractivity contribution in [3.63, 3.8) is 0 Å². The molecule has 0 spiro atoms. The van der Waals surface area contributed by atoms with E-state index in [0.29, 0.717) is 11.6 Å². The van der Waals surface area contributed by atoms with Gasteiger partial charge in [0.15, 0.2) is 0 Å². The van der Waals surface area contributed by atoms with Crippen molar-refractivity contribution in [1.82, 2.24) is 4.90 Å². The Morgan fingerprint density at radius 2 is 1.83 bits per heavy atom. The molecule has 2 aromatic carbocycles. The summed E-state index contributed by atoms with van der Waals surface area (Å²) in [6.45, 7) is 1.92. The molecule has 1 N–H and O–H groups in total. The molecule has 2 aromatic rings. The first-order valence-corrected chi connectivity index (χ1v) is 8.32. The Hall–Kier alpha value is -2.13. The number of piperidine rings is 1. The molecule has 0 amide bonds. The zero-order chi connectivity index (χ0) is 16.1. The number of rotatable bonds is 5. The minimum absolute atomic E-state index is 0.374. The summed E-state index contributed by atoms with van der Waals surface area (Å²) in [6.07, 6.45) is 4.79. The second-order valence-electron chi connectivity index (χ2n) is 6.32. The quantitative estimate of drug-likeness (QED) is 0.908. The highest BCUT2D eigenvalue weighted by Gasteiger charge is 2.22. The number of carboxylic acid groups (broad SMARTS) is 1. The molecule has 1 atom stereocenters. The van der Waals surface area contributed by atoms with Crippen LogP contribution in [0.4, 0.5) is 0 Å². The van der Waals surface area contributed by atoms with Gasteiger partial charge in [0.05, 0.1) is 5.56 Å². The van der Waals surface area contributed by atoms with Crippen LogP contribution in [0.5, 0.6) is 0 Å². The summed E-state index contributed by atoms with van der Waals surface area (Å²) in [6, 6.07) is 18.5. The van der Waals surface area contributed by atoms with E-state index in [9.17, 15) is 4.79 Å². The fourth-order valence-corrected chi connectivity index (χ4v) is 3.42. The number of nitrogens with zero attached hydrogens (tertiary/aromatic N) is 1. The maximum Gasteiger partial charge on any atom is 0.335 e. The minimum Gasteiger partial charge on any atom is -0.478 e. The number of likely N-dealkylation sites (tertiary alicyclic amines) is 1. The lowest BCUT2D eigenvalue weighted by Gasteiger charge is -2.36. The molecule has 3 rings (SSSR count). The Kier molecular flexibility index (Phi) is 5.09. The van der Waals surface area contributed by atoms with Gasteiger partial charge in [-0.05, 0) is 49.1 Å². The maximum atomic E-state index is 11.1. The van der Waals surface area contributed by atoms with E-state index in [1.807, 2.05) is 12.1 Å². The van der Waals surface area contributed by atoms with E-state index >= 15 is 0 Å². The number of benzene rings is 2. The Balaban J connectivity index is 1.71. The predicted molar refractivity (Wildman–Crippen MR) is 91.6 cm³/mol. The summed E-state index contributed by atoms with van der Waals surface area (Å²) in [7, 11) is 0. The van der Waals surface area contributed by atoms with E-state index in [2.05, 4.69) is 35.2 Å². The molecule has 3 nitrogen and oxygen atoms in total. The van der Waals surface area contributed by atoms with E-state index in [0.717, 1.165) is 25.1 Å². The van der Waals surface area contributed by atoms with Crippen molar-refractivity contribution < 1.29 is 9.90 Å². The van der Waals surface area contributed by atoms with Gasteiger partial charge in [-0.25, -0.2) is 4.79 Å². The molecule has 1 aliphatic rings. The monoisotopic (exact) mass is 309 g/mol. The smallest absolute Gasteiger partial charge is 0.335 e. The van der Waals surface area contributed by atoms with Crippen LogP contribution in [-0.2, 0) is 13.0 Å². The molecule has 0 aromatic heterocycles. The molecule has 0 saturated carbocycles. The van der Waals surface area contributed by atoms with Gasteiger partial charge in [-0.3, -0.25) is 4.90 Å². The third-order valence-electron chi connectivity index (χ3n) is 4.62. The topological polar surface area (TPSA) is 40.5 Å². The van der Waals surface area contributed by atoms with Crippen LogP contribution in [0.25, 0.3) is 0 Å². The van der Waals surface area contributed by atoms with Crippen molar-refractivity contribution in [3.8, 4) is 0 Å². The molecule has 0 radical (unpaired) electrons. The zero-order valence-corrected chi connectivity index (χ0v) is 13.3. The van der Waals surface area contributed by atoms with Crippen molar-refractivity contribution in [2.24, 2.45) is 0 Å². The lowest BCUT2D eigenvalue weighted by molar-refractivity contribution is 0.0696. The number of hydrogen-bond acceptors (Lipinski definition) is 2. The summed E-state index contributed by atoms with van der Waals surface area (Å²) in [4.78, 5) is 13.6. The van der Waals surface area contributed by atoms with E-state index in [4.69, 9.17) is 5.11 Å². The van der Waals surface area contributed by atoms with Gasteiger partial charge < -0.3 is 5.11 Å². The third-order valence-corrected chi connectivity index (χ3v) is 4.62. The molecule has 0 aliphatic carbocycles. The van der Waals surface area contributed by atoms with Gasteiger partial charge in [0.2, 0.25) is 0 Å². The van der Waals surface area contributed by atoms with Crippen LogP contribution in [-0.4, -0.2) is 28.6 Å². The Bertz CT molecular complexity index is 654. The number of aromatic carboxylic acids is 1. The first-order valence-electron chi connectivity index (χ1n) is 8.32. The van der Waals surface area contributed by atoms with E-state index in [-0.39, 0.29) is 0 Å². The van der Waals surface area contributed by atoms with Crippen molar-refractivity contribution in [2.45, 2.75) is 38.3 Å². The fraction of sp³-hybridized carbons (Fsp3) is 0.350. The van der Waals surface area contributed by atoms with E-state index < -0.39 is 5.97 Å². The molecule has 1 fully saturated rings. The SMILES string of the molecule is O=C(O)c1cccc(CN2CCCCC2Cc2ccccc2)c1. The molecule has 0 bridgehead atoms. The van der Waals surface area contributed by atoms with Gasteiger partial charge in [-0.15, -0.1) is 0 Å². The van der Waals surface area contributed by atoms with Gasteiger partial charge >= 0.3 is 5.97 Å². The van der Waals surface area contributed by atoms with Crippen LogP contribution >= 0.6 is 0 Å². The largest absolute Gasteiger partial charge is 0.478 e. The van der Waals surface area contributed by atoms with Crippen molar-refractivity contribution in [3.05, 3.63) is 71.3 Å². The highest BCUT2D eigenvalue weighted by molar-refractivity contribution is 5.87. The first kappa shape index (κ1) is 15.8. The molecular weight excluding hydrogens is 286 g/mol. The number of carboxylic acids is 1. The molecule has 1 aliphatic heterocycles. The minimum atomic E-state index is -0.855. The van der Waals surface area contributed by atoms with Crippen LogP contribution < -0.4 is 0 Å². The summed E-state index contributed by atoms with van der Waals surface area (Å²) >= 11 is 0. The van der Waals surface area contributed by atoms with Gasteiger partial charge in [0.1, 0.15) is 0 Å². The Morgan fingerprint density at radius 3 is 2.61 bits per heavy atom. The summed E-state index contributed by atoms with van der Waals surface area (Å²) in [5.41, 5.74) is 2.84. The van der Waals surface area contributed by atoms with Gasteiger partial charge in [-0.1, -0.05) is 48.9 Å². The van der Waals surface area contributed by atoms with Gasteiger partial charge in [-0.2, -0.15) is 0 Å². The molecule has 120 valence electrons. The standard InChI is InChI=1S/C20H23NO2/c22-20(23)18-10-6-9-17(13-18)15-21-12-5-4-11-19(21)14-16-7-2-1-3-8-16/h1-3,6-10,13,19H,4-5,11-12,14-15H2,(H,22,23). The molecule has 3 heteroatoms. The normalized spacial score (nSPS) is 18.7. The van der Waals surface area contributed by atoms with E-state index in [1.165, 1.54) is 24.8 Å². The second-order valence-corrected chi connectivity index (χ2v) is 6.32. The Morgan fingerprint density at radius 1 is 1.04 bits per heavy atom. The highest BCUT2D eigenvalue weighted by atomic mass is 16.4. The molecular formula is C20H23NO2. The zero-order valence-electron chi connectivity index (χ0n) is 13.3. The summed E-state index contributed by atoms with van der Waals surface area (Å²) in [5, 5.41) is 9.15. The van der Waals surface area contributed by atoms with Crippen molar-refractivity contribution in [2.75, 3.05) is 6.54 Å². The molecule has 1 saturated heterocycles. The Labute approximate surface area is 137 Å². The van der Waals surface area contributed by atoms with Crippen molar-refractivity contribution >= 4 is 5.97 Å². The first-order chi connectivity index (χ1) is 11.2. The average Bonchev–Trinajstić information content (AvgIpc) is 2.58. The van der Waals surface area contributed by atoms with Gasteiger partial charge in [0, 0.05) is 12.6 Å². The van der Waals surface area contributed by atoms with Crippen LogP contribution in [0.3, 0.4) is 0 Å². The lowest BCUT2D eigenvalue weighted by Crippen LogP contribution is -2.40. The summed E-state index contributed by atoms with van der Waals surface area (Å²) < 4.78 is 0. The molecule has 23 heavy (non-hydrogen) atoms.